The Kier molecular flexibility index (Phi) is 4.00. The van der Waals surface area contributed by atoms with Gasteiger partial charge in [-0.1, -0.05) is 30.3 Å². The molecule has 0 unspecified atom stereocenters. The Bertz CT molecular complexity index is 656. The number of carboxylic acid groups (broad SMARTS) is 1. The SMILES string of the molecule is C=C(C)N(c1ncc(C(=O)O)cn1)c1ccccc1Cl. The lowest BCUT2D eigenvalue weighted by Gasteiger charge is -2.23. The number of halogens is 1. The highest BCUT2D eigenvalue weighted by Gasteiger charge is 2.16. The molecule has 6 heteroatoms. The first-order chi connectivity index (χ1) is 9.50. The molecule has 1 aromatic carbocycles. The Balaban J connectivity index is 2.47. The smallest absolute Gasteiger partial charge is 0.338 e. The van der Waals surface area contributed by atoms with Crippen molar-refractivity contribution in [1.29, 1.82) is 0 Å². The van der Waals surface area contributed by atoms with Crippen molar-refractivity contribution in [3.05, 3.63) is 59.5 Å². The number of carbonyl (C=O) groups is 1. The maximum Gasteiger partial charge on any atom is 0.338 e. The summed E-state index contributed by atoms with van der Waals surface area (Å²) in [5.41, 5.74) is 1.38. The van der Waals surface area contributed by atoms with E-state index in [1.54, 1.807) is 17.9 Å². The number of para-hydroxylation sites is 1. The summed E-state index contributed by atoms with van der Waals surface area (Å²) in [4.78, 5) is 20.6. The predicted molar refractivity (Wildman–Crippen MR) is 77.4 cm³/mol. The van der Waals surface area contributed by atoms with Crippen LogP contribution in [0.15, 0.2) is 48.9 Å². The Morgan fingerprint density at radius 3 is 2.40 bits per heavy atom. The molecular formula is C14H12ClN3O2. The van der Waals surface area contributed by atoms with Crippen molar-refractivity contribution >= 4 is 29.2 Å². The molecule has 1 N–H and O–H groups in total. The highest BCUT2D eigenvalue weighted by atomic mass is 35.5. The van der Waals surface area contributed by atoms with Gasteiger partial charge in [0.25, 0.3) is 0 Å². The molecule has 102 valence electrons. The van der Waals surface area contributed by atoms with Crippen LogP contribution in [0.1, 0.15) is 17.3 Å². The van der Waals surface area contributed by atoms with E-state index in [4.69, 9.17) is 16.7 Å². The maximum absolute atomic E-state index is 10.8. The van der Waals surface area contributed by atoms with Gasteiger partial charge in [-0.15, -0.1) is 0 Å². The van der Waals surface area contributed by atoms with Crippen LogP contribution in [0.3, 0.4) is 0 Å². The predicted octanol–water partition coefficient (Wildman–Crippen LogP) is 3.50. The van der Waals surface area contributed by atoms with Crippen LogP contribution in [0.4, 0.5) is 11.6 Å². The van der Waals surface area contributed by atoms with Crippen LogP contribution in [0.25, 0.3) is 0 Å². The molecule has 0 fully saturated rings. The van der Waals surface area contributed by atoms with E-state index < -0.39 is 5.97 Å². The van der Waals surface area contributed by atoms with E-state index in [0.29, 0.717) is 22.4 Å². The molecule has 1 heterocycles. The molecule has 0 spiro atoms. The number of carboxylic acids is 1. The van der Waals surface area contributed by atoms with Gasteiger partial charge in [0.2, 0.25) is 5.95 Å². The number of hydrogen-bond acceptors (Lipinski definition) is 4. The number of nitrogens with zero attached hydrogens (tertiary/aromatic N) is 3. The second-order valence-electron chi connectivity index (χ2n) is 4.10. The lowest BCUT2D eigenvalue weighted by atomic mass is 10.2. The lowest BCUT2D eigenvalue weighted by Crippen LogP contribution is -2.17. The molecular weight excluding hydrogens is 278 g/mol. The largest absolute Gasteiger partial charge is 0.478 e. The Labute approximate surface area is 121 Å². The van der Waals surface area contributed by atoms with E-state index in [9.17, 15) is 4.79 Å². The highest BCUT2D eigenvalue weighted by molar-refractivity contribution is 6.33. The van der Waals surface area contributed by atoms with Crippen molar-refractivity contribution in [3.63, 3.8) is 0 Å². The normalized spacial score (nSPS) is 10.1. The highest BCUT2D eigenvalue weighted by Crippen LogP contribution is 2.32. The molecule has 20 heavy (non-hydrogen) atoms. The third kappa shape index (κ3) is 2.78. The van der Waals surface area contributed by atoms with E-state index in [0.717, 1.165) is 0 Å². The summed E-state index contributed by atoms with van der Waals surface area (Å²) in [5.74, 6) is -0.758. The monoisotopic (exact) mass is 289 g/mol. The Morgan fingerprint density at radius 2 is 1.90 bits per heavy atom. The van der Waals surface area contributed by atoms with Gasteiger partial charge in [-0.05, 0) is 19.1 Å². The molecule has 5 nitrogen and oxygen atoms in total. The van der Waals surface area contributed by atoms with Crippen molar-refractivity contribution in [2.75, 3.05) is 4.90 Å². The molecule has 0 saturated carbocycles. The first-order valence-electron chi connectivity index (χ1n) is 5.76. The van der Waals surface area contributed by atoms with Gasteiger partial charge in [0.15, 0.2) is 0 Å². The molecule has 0 atom stereocenters. The molecule has 0 radical (unpaired) electrons. The van der Waals surface area contributed by atoms with Crippen molar-refractivity contribution < 1.29 is 9.90 Å². The quantitative estimate of drug-likeness (QED) is 0.933. The van der Waals surface area contributed by atoms with Crippen molar-refractivity contribution in [3.8, 4) is 0 Å². The summed E-state index contributed by atoms with van der Waals surface area (Å²) >= 11 is 6.16. The van der Waals surface area contributed by atoms with Gasteiger partial charge in [-0.2, -0.15) is 0 Å². The standard InChI is InChI=1S/C14H12ClN3O2/c1-9(2)18(12-6-4-3-5-11(12)15)14-16-7-10(8-17-14)13(19)20/h3-8H,1H2,2H3,(H,19,20). The average molecular weight is 290 g/mol. The molecule has 0 aliphatic carbocycles. The third-order valence-corrected chi connectivity index (χ3v) is 2.88. The first-order valence-corrected chi connectivity index (χ1v) is 6.14. The van der Waals surface area contributed by atoms with Gasteiger partial charge in [-0.25, -0.2) is 14.8 Å². The molecule has 0 amide bonds. The van der Waals surface area contributed by atoms with Crippen molar-refractivity contribution in [1.82, 2.24) is 9.97 Å². The summed E-state index contributed by atoms with van der Waals surface area (Å²) < 4.78 is 0. The van der Waals surface area contributed by atoms with Crippen molar-refractivity contribution in [2.45, 2.75) is 6.92 Å². The zero-order valence-electron chi connectivity index (χ0n) is 10.7. The van der Waals surface area contributed by atoms with E-state index in [2.05, 4.69) is 16.5 Å². The number of hydrogen-bond donors (Lipinski definition) is 1. The topological polar surface area (TPSA) is 66.3 Å². The zero-order valence-corrected chi connectivity index (χ0v) is 11.5. The van der Waals surface area contributed by atoms with Crippen molar-refractivity contribution in [2.24, 2.45) is 0 Å². The molecule has 2 rings (SSSR count). The fraction of sp³-hybridized carbons (Fsp3) is 0.0714. The fourth-order valence-electron chi connectivity index (χ4n) is 1.66. The minimum absolute atomic E-state index is 0.0228. The summed E-state index contributed by atoms with van der Waals surface area (Å²) in [6.07, 6.45) is 2.49. The Morgan fingerprint density at radius 1 is 1.30 bits per heavy atom. The zero-order chi connectivity index (χ0) is 14.7. The second-order valence-corrected chi connectivity index (χ2v) is 4.51. The lowest BCUT2D eigenvalue weighted by molar-refractivity contribution is 0.0696. The molecule has 0 bridgehead atoms. The van der Waals surface area contributed by atoms with Crippen LogP contribution in [-0.2, 0) is 0 Å². The van der Waals surface area contributed by atoms with E-state index >= 15 is 0 Å². The van der Waals surface area contributed by atoms with Crippen LogP contribution >= 0.6 is 11.6 Å². The van der Waals surface area contributed by atoms with Gasteiger partial charge >= 0.3 is 5.97 Å². The van der Waals surface area contributed by atoms with E-state index in [1.807, 2.05) is 18.2 Å². The van der Waals surface area contributed by atoms with Crippen LogP contribution in [0.2, 0.25) is 5.02 Å². The number of allylic oxidation sites excluding steroid dienone is 1. The average Bonchev–Trinajstić information content (AvgIpc) is 2.41. The van der Waals surface area contributed by atoms with E-state index in [-0.39, 0.29) is 5.56 Å². The van der Waals surface area contributed by atoms with Crippen LogP contribution in [-0.4, -0.2) is 21.0 Å². The number of aromatic carboxylic acids is 1. The summed E-state index contributed by atoms with van der Waals surface area (Å²) in [6, 6.07) is 7.21. The minimum atomic E-state index is -1.07. The molecule has 0 saturated heterocycles. The molecule has 0 aliphatic heterocycles. The first kappa shape index (κ1) is 14.0. The molecule has 0 aliphatic rings. The van der Waals surface area contributed by atoms with Gasteiger partial charge in [-0.3, -0.25) is 4.90 Å². The van der Waals surface area contributed by atoms with Crippen LogP contribution in [0, 0.1) is 0 Å². The second kappa shape index (κ2) is 5.71. The van der Waals surface area contributed by atoms with Gasteiger partial charge in [0.1, 0.15) is 0 Å². The number of benzene rings is 1. The number of anilines is 2. The van der Waals surface area contributed by atoms with Gasteiger partial charge in [0.05, 0.1) is 16.3 Å². The maximum atomic E-state index is 10.8. The summed E-state index contributed by atoms with van der Waals surface area (Å²) in [5, 5.41) is 9.38. The summed E-state index contributed by atoms with van der Waals surface area (Å²) in [7, 11) is 0. The van der Waals surface area contributed by atoms with Gasteiger partial charge in [0, 0.05) is 18.1 Å². The molecule has 2 aromatic rings. The number of rotatable bonds is 4. The van der Waals surface area contributed by atoms with Crippen LogP contribution in [0.5, 0.6) is 0 Å². The number of aromatic nitrogens is 2. The minimum Gasteiger partial charge on any atom is -0.478 e. The van der Waals surface area contributed by atoms with Gasteiger partial charge < -0.3 is 5.11 Å². The van der Waals surface area contributed by atoms with E-state index in [1.165, 1.54) is 12.4 Å². The fourth-order valence-corrected chi connectivity index (χ4v) is 1.88. The summed E-state index contributed by atoms with van der Waals surface area (Å²) in [6.45, 7) is 5.67. The molecule has 1 aromatic heterocycles. The third-order valence-electron chi connectivity index (χ3n) is 2.56. The Hall–Kier alpha value is -2.40. The van der Waals surface area contributed by atoms with Crippen LogP contribution < -0.4 is 4.90 Å².